The lowest BCUT2D eigenvalue weighted by Crippen LogP contribution is -2.12. The molecule has 0 aromatic heterocycles. The number of benzene rings is 2. The van der Waals surface area contributed by atoms with Gasteiger partial charge >= 0.3 is 0 Å². The standard InChI is InChI=1S/C14H12F2N2O2/c1-19-8-2-4-10(14(17)18)13(7-8)20-9-3-5-11(15)12(16)6-9/h2-7H,1H3,(H3,17,18). The monoisotopic (exact) mass is 278 g/mol. The Morgan fingerprint density at radius 3 is 2.35 bits per heavy atom. The minimum absolute atomic E-state index is 0.0969. The number of ether oxygens (including phenoxy) is 2. The topological polar surface area (TPSA) is 68.3 Å². The normalized spacial score (nSPS) is 10.2. The average molecular weight is 278 g/mol. The van der Waals surface area contributed by atoms with Crippen LogP contribution in [-0.4, -0.2) is 12.9 Å². The fraction of sp³-hybridized carbons (Fsp3) is 0.0714. The number of nitrogens with two attached hydrogens (primary N) is 1. The molecular weight excluding hydrogens is 266 g/mol. The summed E-state index contributed by atoms with van der Waals surface area (Å²) in [6.07, 6.45) is 0. The molecular formula is C14H12F2N2O2. The minimum Gasteiger partial charge on any atom is -0.497 e. The minimum atomic E-state index is -1.02. The van der Waals surface area contributed by atoms with Crippen LogP contribution in [0.2, 0.25) is 0 Å². The molecule has 0 radical (unpaired) electrons. The third-order valence-electron chi connectivity index (χ3n) is 2.60. The van der Waals surface area contributed by atoms with E-state index in [1.54, 1.807) is 12.1 Å². The van der Waals surface area contributed by atoms with E-state index in [0.29, 0.717) is 11.3 Å². The van der Waals surface area contributed by atoms with Crippen molar-refractivity contribution in [1.29, 1.82) is 5.41 Å². The van der Waals surface area contributed by atoms with Gasteiger partial charge < -0.3 is 15.2 Å². The lowest BCUT2D eigenvalue weighted by Gasteiger charge is -2.12. The first-order valence-corrected chi connectivity index (χ1v) is 5.66. The van der Waals surface area contributed by atoms with Gasteiger partial charge in [-0.3, -0.25) is 5.41 Å². The fourth-order valence-corrected chi connectivity index (χ4v) is 1.60. The van der Waals surface area contributed by atoms with Gasteiger partial charge in [0.1, 0.15) is 23.1 Å². The van der Waals surface area contributed by atoms with E-state index in [1.807, 2.05) is 0 Å². The maximum atomic E-state index is 13.1. The van der Waals surface area contributed by atoms with Crippen LogP contribution in [0.15, 0.2) is 36.4 Å². The Labute approximate surface area is 114 Å². The smallest absolute Gasteiger partial charge is 0.162 e. The highest BCUT2D eigenvalue weighted by molar-refractivity contribution is 5.97. The van der Waals surface area contributed by atoms with Crippen molar-refractivity contribution in [2.24, 2.45) is 5.73 Å². The number of nitrogens with one attached hydrogen (secondary N) is 1. The van der Waals surface area contributed by atoms with Crippen molar-refractivity contribution in [2.75, 3.05) is 7.11 Å². The van der Waals surface area contributed by atoms with Crippen LogP contribution in [0.4, 0.5) is 8.78 Å². The number of nitrogen functional groups attached to an aromatic ring is 1. The fourth-order valence-electron chi connectivity index (χ4n) is 1.60. The van der Waals surface area contributed by atoms with Gasteiger partial charge in [-0.15, -0.1) is 0 Å². The second-order valence-electron chi connectivity index (χ2n) is 3.95. The maximum Gasteiger partial charge on any atom is 0.162 e. The van der Waals surface area contributed by atoms with Gasteiger partial charge in [-0.05, 0) is 24.3 Å². The number of halogens is 2. The molecule has 3 N–H and O–H groups in total. The van der Waals surface area contributed by atoms with Gasteiger partial charge in [0.15, 0.2) is 11.6 Å². The van der Waals surface area contributed by atoms with Crippen molar-refractivity contribution < 1.29 is 18.3 Å². The molecule has 4 nitrogen and oxygen atoms in total. The summed E-state index contributed by atoms with van der Waals surface area (Å²) in [7, 11) is 1.48. The number of amidine groups is 1. The summed E-state index contributed by atoms with van der Waals surface area (Å²) in [4.78, 5) is 0. The predicted molar refractivity (Wildman–Crippen MR) is 70.4 cm³/mol. The van der Waals surface area contributed by atoms with Gasteiger partial charge in [-0.1, -0.05) is 0 Å². The Morgan fingerprint density at radius 2 is 1.75 bits per heavy atom. The molecule has 0 spiro atoms. The molecule has 0 saturated carbocycles. The SMILES string of the molecule is COc1ccc(C(=N)N)c(Oc2ccc(F)c(F)c2)c1. The molecule has 0 unspecified atom stereocenters. The molecule has 2 rings (SSSR count). The Balaban J connectivity index is 2.40. The third kappa shape index (κ3) is 2.85. The zero-order valence-electron chi connectivity index (χ0n) is 10.6. The number of rotatable bonds is 4. The second kappa shape index (κ2) is 5.56. The van der Waals surface area contributed by atoms with Crippen molar-refractivity contribution in [3.8, 4) is 17.2 Å². The largest absolute Gasteiger partial charge is 0.497 e. The van der Waals surface area contributed by atoms with Crippen LogP contribution in [0, 0.1) is 17.0 Å². The zero-order chi connectivity index (χ0) is 14.7. The van der Waals surface area contributed by atoms with Gasteiger partial charge in [0.05, 0.1) is 12.7 Å². The number of hydrogen-bond donors (Lipinski definition) is 2. The van der Waals surface area contributed by atoms with E-state index in [4.69, 9.17) is 20.6 Å². The van der Waals surface area contributed by atoms with Gasteiger partial charge in [0.2, 0.25) is 0 Å². The quantitative estimate of drug-likeness (QED) is 0.667. The highest BCUT2D eigenvalue weighted by atomic mass is 19.2. The summed E-state index contributed by atoms with van der Waals surface area (Å²) >= 11 is 0. The summed E-state index contributed by atoms with van der Waals surface area (Å²) < 4.78 is 36.5. The van der Waals surface area contributed by atoms with Crippen LogP contribution in [0.25, 0.3) is 0 Å². The van der Waals surface area contributed by atoms with Crippen molar-refractivity contribution in [3.05, 3.63) is 53.6 Å². The molecule has 0 amide bonds. The lowest BCUT2D eigenvalue weighted by atomic mass is 10.1. The summed E-state index contributed by atoms with van der Waals surface area (Å²) in [5.74, 6) is -1.37. The highest BCUT2D eigenvalue weighted by Crippen LogP contribution is 2.29. The Hall–Kier alpha value is -2.63. The second-order valence-corrected chi connectivity index (χ2v) is 3.95. The first-order chi connectivity index (χ1) is 9.51. The zero-order valence-corrected chi connectivity index (χ0v) is 10.6. The summed E-state index contributed by atoms with van der Waals surface area (Å²) in [5, 5.41) is 7.47. The molecule has 0 aliphatic rings. The van der Waals surface area contributed by atoms with E-state index < -0.39 is 11.6 Å². The van der Waals surface area contributed by atoms with Crippen molar-refractivity contribution in [2.45, 2.75) is 0 Å². The van der Waals surface area contributed by atoms with E-state index in [9.17, 15) is 8.78 Å². The average Bonchev–Trinajstić information content (AvgIpc) is 2.42. The molecule has 0 saturated heterocycles. The molecule has 0 bridgehead atoms. The summed E-state index contributed by atoms with van der Waals surface area (Å²) in [6.45, 7) is 0. The molecule has 104 valence electrons. The molecule has 20 heavy (non-hydrogen) atoms. The van der Waals surface area contributed by atoms with Crippen molar-refractivity contribution in [3.63, 3.8) is 0 Å². The molecule has 0 fully saturated rings. The summed E-state index contributed by atoms with van der Waals surface area (Å²) in [6, 6.07) is 7.84. The predicted octanol–water partition coefficient (Wildman–Crippen LogP) is 3.05. The van der Waals surface area contributed by atoms with Crippen LogP contribution in [0.1, 0.15) is 5.56 Å². The first-order valence-electron chi connectivity index (χ1n) is 5.66. The van der Waals surface area contributed by atoms with Crippen LogP contribution >= 0.6 is 0 Å². The molecule has 2 aromatic carbocycles. The Kier molecular flexibility index (Phi) is 3.84. The first kappa shape index (κ1) is 13.8. The number of hydrogen-bond acceptors (Lipinski definition) is 3. The van der Waals surface area contributed by atoms with Crippen molar-refractivity contribution >= 4 is 5.84 Å². The molecule has 0 aliphatic heterocycles. The van der Waals surface area contributed by atoms with E-state index in [2.05, 4.69) is 0 Å². The molecule has 6 heteroatoms. The van der Waals surface area contributed by atoms with Crippen LogP contribution in [0.3, 0.4) is 0 Å². The lowest BCUT2D eigenvalue weighted by molar-refractivity contribution is 0.408. The Morgan fingerprint density at radius 1 is 1.05 bits per heavy atom. The van der Waals surface area contributed by atoms with Gasteiger partial charge in [0, 0.05) is 12.1 Å². The number of methoxy groups -OCH3 is 1. The van der Waals surface area contributed by atoms with E-state index >= 15 is 0 Å². The molecule has 0 heterocycles. The van der Waals surface area contributed by atoms with Gasteiger partial charge in [-0.2, -0.15) is 0 Å². The van der Waals surface area contributed by atoms with Gasteiger partial charge in [0.25, 0.3) is 0 Å². The molecule has 0 atom stereocenters. The van der Waals surface area contributed by atoms with Crippen LogP contribution in [0.5, 0.6) is 17.2 Å². The molecule has 2 aromatic rings. The van der Waals surface area contributed by atoms with E-state index in [-0.39, 0.29) is 17.3 Å². The Bertz CT molecular complexity index is 660. The summed E-state index contributed by atoms with van der Waals surface area (Å²) in [5.41, 5.74) is 5.77. The maximum absolute atomic E-state index is 13.1. The van der Waals surface area contributed by atoms with Crippen LogP contribution in [-0.2, 0) is 0 Å². The molecule has 0 aliphatic carbocycles. The third-order valence-corrected chi connectivity index (χ3v) is 2.60. The van der Waals surface area contributed by atoms with Crippen molar-refractivity contribution in [1.82, 2.24) is 0 Å². The highest BCUT2D eigenvalue weighted by Gasteiger charge is 2.11. The van der Waals surface area contributed by atoms with Crippen LogP contribution < -0.4 is 15.2 Å². The van der Waals surface area contributed by atoms with E-state index in [0.717, 1.165) is 12.1 Å². The van der Waals surface area contributed by atoms with Gasteiger partial charge in [-0.25, -0.2) is 8.78 Å². The van der Waals surface area contributed by atoms with E-state index in [1.165, 1.54) is 19.2 Å².